The molecule has 0 spiro atoms. The standard InChI is InChI=1S/C8H18N2O/c1-4-5-6-10(9-2)7-8-11-3/h2,4-8H2,1,3H3. The van der Waals surface area contributed by atoms with Gasteiger partial charge in [0.15, 0.2) is 0 Å². The molecule has 0 aromatic carbocycles. The minimum absolute atomic E-state index is 0.725. The van der Waals surface area contributed by atoms with Crippen LogP contribution in [0.4, 0.5) is 0 Å². The minimum atomic E-state index is 0.725. The highest BCUT2D eigenvalue weighted by molar-refractivity contribution is 5.22. The molecule has 0 saturated heterocycles. The molecule has 0 fully saturated rings. The first-order valence-corrected chi connectivity index (χ1v) is 4.05. The van der Waals surface area contributed by atoms with Crippen LogP contribution in [0.25, 0.3) is 0 Å². The molecule has 0 radical (unpaired) electrons. The van der Waals surface area contributed by atoms with E-state index in [1.807, 2.05) is 5.01 Å². The summed E-state index contributed by atoms with van der Waals surface area (Å²) in [7, 11) is 1.70. The van der Waals surface area contributed by atoms with Gasteiger partial charge in [-0.3, -0.25) is 5.01 Å². The molecular weight excluding hydrogens is 140 g/mol. The van der Waals surface area contributed by atoms with Crippen LogP contribution in [0.3, 0.4) is 0 Å². The van der Waals surface area contributed by atoms with E-state index in [0.29, 0.717) is 0 Å². The maximum atomic E-state index is 4.92. The van der Waals surface area contributed by atoms with E-state index in [9.17, 15) is 0 Å². The van der Waals surface area contributed by atoms with Crippen molar-refractivity contribution >= 4 is 6.72 Å². The van der Waals surface area contributed by atoms with Gasteiger partial charge in [-0.1, -0.05) is 13.3 Å². The van der Waals surface area contributed by atoms with E-state index in [0.717, 1.165) is 19.7 Å². The summed E-state index contributed by atoms with van der Waals surface area (Å²) < 4.78 is 4.92. The second-order valence-electron chi connectivity index (χ2n) is 2.44. The van der Waals surface area contributed by atoms with E-state index in [1.165, 1.54) is 12.8 Å². The molecular formula is C8H18N2O. The summed E-state index contributed by atoms with van der Waals surface area (Å²) in [6.07, 6.45) is 2.36. The molecule has 0 aliphatic heterocycles. The van der Waals surface area contributed by atoms with Crippen molar-refractivity contribution in [1.29, 1.82) is 0 Å². The highest BCUT2D eigenvalue weighted by atomic mass is 16.5. The Morgan fingerprint density at radius 3 is 2.64 bits per heavy atom. The number of methoxy groups -OCH3 is 1. The first kappa shape index (κ1) is 10.4. The molecule has 66 valence electrons. The quantitative estimate of drug-likeness (QED) is 0.412. The fourth-order valence-corrected chi connectivity index (χ4v) is 0.791. The molecule has 0 aliphatic carbocycles. The number of nitrogens with zero attached hydrogens (tertiary/aromatic N) is 2. The fraction of sp³-hybridized carbons (Fsp3) is 0.875. The highest BCUT2D eigenvalue weighted by Crippen LogP contribution is 1.94. The Hall–Kier alpha value is -0.570. The van der Waals surface area contributed by atoms with Crippen molar-refractivity contribution in [3.8, 4) is 0 Å². The highest BCUT2D eigenvalue weighted by Gasteiger charge is 1.96. The van der Waals surface area contributed by atoms with Crippen LogP contribution < -0.4 is 0 Å². The third kappa shape index (κ3) is 5.85. The van der Waals surface area contributed by atoms with Crippen LogP contribution in [0.15, 0.2) is 5.10 Å². The molecule has 3 nitrogen and oxygen atoms in total. The fourth-order valence-electron chi connectivity index (χ4n) is 0.791. The zero-order valence-corrected chi connectivity index (χ0v) is 7.55. The number of hydrogen-bond donors (Lipinski definition) is 0. The van der Waals surface area contributed by atoms with Crippen LogP contribution in [0.1, 0.15) is 19.8 Å². The Bertz CT molecular complexity index is 88.1. The van der Waals surface area contributed by atoms with Crippen molar-refractivity contribution in [3.63, 3.8) is 0 Å². The van der Waals surface area contributed by atoms with Crippen LogP contribution in [0, 0.1) is 0 Å². The number of rotatable bonds is 7. The lowest BCUT2D eigenvalue weighted by Crippen LogP contribution is -2.22. The largest absolute Gasteiger partial charge is 0.383 e. The van der Waals surface area contributed by atoms with Crippen molar-refractivity contribution in [1.82, 2.24) is 5.01 Å². The molecule has 3 heteroatoms. The number of unbranched alkanes of at least 4 members (excludes halogenated alkanes) is 1. The van der Waals surface area contributed by atoms with Crippen LogP contribution in [-0.4, -0.2) is 38.5 Å². The van der Waals surface area contributed by atoms with Crippen molar-refractivity contribution in [2.75, 3.05) is 26.8 Å². The van der Waals surface area contributed by atoms with E-state index < -0.39 is 0 Å². The number of hydrazone groups is 1. The molecule has 0 aromatic rings. The molecule has 0 aliphatic rings. The summed E-state index contributed by atoms with van der Waals surface area (Å²) >= 11 is 0. The Labute approximate surface area is 69.0 Å². The van der Waals surface area contributed by atoms with Gasteiger partial charge in [0.25, 0.3) is 0 Å². The van der Waals surface area contributed by atoms with Gasteiger partial charge in [-0.05, 0) is 6.42 Å². The zero-order valence-electron chi connectivity index (χ0n) is 7.55. The first-order chi connectivity index (χ1) is 5.35. The molecule has 0 atom stereocenters. The van der Waals surface area contributed by atoms with Gasteiger partial charge in [-0.2, -0.15) is 5.10 Å². The van der Waals surface area contributed by atoms with Crippen LogP contribution in [0.5, 0.6) is 0 Å². The molecule has 0 rings (SSSR count). The van der Waals surface area contributed by atoms with Crippen LogP contribution in [-0.2, 0) is 4.74 Å². The molecule has 0 amide bonds. The number of hydrogen-bond acceptors (Lipinski definition) is 3. The van der Waals surface area contributed by atoms with E-state index >= 15 is 0 Å². The lowest BCUT2D eigenvalue weighted by Gasteiger charge is -2.16. The predicted octanol–water partition coefficient (Wildman–Crippen LogP) is 1.35. The van der Waals surface area contributed by atoms with Gasteiger partial charge >= 0.3 is 0 Å². The normalized spacial score (nSPS) is 9.64. The second-order valence-corrected chi connectivity index (χ2v) is 2.44. The molecule has 0 bridgehead atoms. The topological polar surface area (TPSA) is 24.8 Å². The van der Waals surface area contributed by atoms with Gasteiger partial charge in [-0.15, -0.1) is 0 Å². The lowest BCUT2D eigenvalue weighted by atomic mass is 10.3. The zero-order chi connectivity index (χ0) is 8.53. The van der Waals surface area contributed by atoms with Crippen LogP contribution in [0.2, 0.25) is 0 Å². The van der Waals surface area contributed by atoms with E-state index in [2.05, 4.69) is 18.7 Å². The van der Waals surface area contributed by atoms with Crippen LogP contribution >= 0.6 is 0 Å². The monoisotopic (exact) mass is 158 g/mol. The Kier molecular flexibility index (Phi) is 7.15. The van der Waals surface area contributed by atoms with E-state index in [4.69, 9.17) is 4.74 Å². The minimum Gasteiger partial charge on any atom is -0.383 e. The third-order valence-electron chi connectivity index (χ3n) is 1.52. The third-order valence-corrected chi connectivity index (χ3v) is 1.52. The number of ether oxygens (including phenoxy) is 1. The van der Waals surface area contributed by atoms with Crippen molar-refractivity contribution in [3.05, 3.63) is 0 Å². The first-order valence-electron chi connectivity index (χ1n) is 4.05. The van der Waals surface area contributed by atoms with E-state index in [1.54, 1.807) is 7.11 Å². The van der Waals surface area contributed by atoms with Gasteiger partial charge in [0.05, 0.1) is 13.2 Å². The summed E-state index contributed by atoms with van der Waals surface area (Å²) in [6.45, 7) is 8.21. The molecule has 11 heavy (non-hydrogen) atoms. The average molecular weight is 158 g/mol. The van der Waals surface area contributed by atoms with Crippen molar-refractivity contribution < 1.29 is 4.74 Å². The molecule has 0 unspecified atom stereocenters. The molecule has 0 N–H and O–H groups in total. The molecule has 0 heterocycles. The summed E-state index contributed by atoms with van der Waals surface area (Å²) in [5, 5.41) is 5.80. The van der Waals surface area contributed by atoms with Gasteiger partial charge in [0, 0.05) is 20.4 Å². The summed E-state index contributed by atoms with van der Waals surface area (Å²) in [4.78, 5) is 0. The maximum absolute atomic E-state index is 4.92. The average Bonchev–Trinajstić information content (AvgIpc) is 2.05. The van der Waals surface area contributed by atoms with Crippen molar-refractivity contribution in [2.24, 2.45) is 5.10 Å². The van der Waals surface area contributed by atoms with Gasteiger partial charge < -0.3 is 4.74 Å². The van der Waals surface area contributed by atoms with Gasteiger partial charge in [0.1, 0.15) is 0 Å². The molecule has 0 saturated carbocycles. The summed E-state index contributed by atoms with van der Waals surface area (Å²) in [5.74, 6) is 0. The van der Waals surface area contributed by atoms with Gasteiger partial charge in [0.2, 0.25) is 0 Å². The Morgan fingerprint density at radius 1 is 1.45 bits per heavy atom. The maximum Gasteiger partial charge on any atom is 0.0654 e. The van der Waals surface area contributed by atoms with E-state index in [-0.39, 0.29) is 0 Å². The lowest BCUT2D eigenvalue weighted by molar-refractivity contribution is 0.150. The van der Waals surface area contributed by atoms with Crippen molar-refractivity contribution in [2.45, 2.75) is 19.8 Å². The summed E-state index contributed by atoms with van der Waals surface area (Å²) in [6, 6.07) is 0. The second kappa shape index (κ2) is 7.54. The molecule has 0 aromatic heterocycles. The summed E-state index contributed by atoms with van der Waals surface area (Å²) in [5.41, 5.74) is 0. The smallest absolute Gasteiger partial charge is 0.0654 e. The Morgan fingerprint density at radius 2 is 2.18 bits per heavy atom. The SMILES string of the molecule is C=NN(CCCC)CCOC. The predicted molar refractivity (Wildman–Crippen MR) is 47.9 cm³/mol. The Balaban J connectivity index is 3.33. The van der Waals surface area contributed by atoms with Gasteiger partial charge in [-0.25, -0.2) is 0 Å².